The number of nitro groups is 1. The van der Waals surface area contributed by atoms with Crippen LogP contribution in [0.1, 0.15) is 20.3 Å². The van der Waals surface area contributed by atoms with Crippen LogP contribution in [0.25, 0.3) is 4.96 Å². The van der Waals surface area contributed by atoms with Crippen molar-refractivity contribution >= 4 is 33.9 Å². The molecule has 20 heavy (non-hydrogen) atoms. The minimum Gasteiger partial charge on any atom is -0.480 e. The van der Waals surface area contributed by atoms with Gasteiger partial charge in [0.1, 0.15) is 12.2 Å². The van der Waals surface area contributed by atoms with Gasteiger partial charge in [0.15, 0.2) is 0 Å². The molecule has 0 fully saturated rings. The lowest BCUT2D eigenvalue weighted by Crippen LogP contribution is -2.31. The first-order valence-corrected chi connectivity index (χ1v) is 6.87. The summed E-state index contributed by atoms with van der Waals surface area (Å²) in [4.78, 5) is 26.3. The highest BCUT2D eigenvalue weighted by Gasteiger charge is 2.28. The first-order chi connectivity index (χ1) is 9.40. The van der Waals surface area contributed by atoms with Crippen LogP contribution in [0.5, 0.6) is 0 Å². The molecule has 0 saturated carbocycles. The molecule has 0 aliphatic carbocycles. The van der Waals surface area contributed by atoms with Crippen molar-refractivity contribution in [2.75, 3.05) is 5.32 Å². The van der Waals surface area contributed by atoms with Crippen LogP contribution in [0.4, 0.5) is 11.6 Å². The number of carboxylic acids is 1. The van der Waals surface area contributed by atoms with E-state index >= 15 is 0 Å². The summed E-state index contributed by atoms with van der Waals surface area (Å²) in [7, 11) is 0. The molecule has 2 aromatic heterocycles. The molecule has 0 aliphatic heterocycles. The normalized spacial score (nSPS) is 12.8. The fraction of sp³-hybridized carbons (Fsp3) is 0.455. The van der Waals surface area contributed by atoms with Crippen molar-refractivity contribution in [2.45, 2.75) is 26.3 Å². The van der Waals surface area contributed by atoms with E-state index in [0.29, 0.717) is 11.4 Å². The van der Waals surface area contributed by atoms with Crippen molar-refractivity contribution in [2.24, 2.45) is 5.92 Å². The Kier molecular flexibility index (Phi) is 3.89. The van der Waals surface area contributed by atoms with Crippen molar-refractivity contribution in [1.82, 2.24) is 9.38 Å². The Morgan fingerprint density at radius 3 is 2.90 bits per heavy atom. The number of carbonyl (C=O) groups is 1. The number of thiazole rings is 1. The fourth-order valence-corrected chi connectivity index (χ4v) is 2.61. The van der Waals surface area contributed by atoms with Crippen LogP contribution in [0.15, 0.2) is 11.6 Å². The summed E-state index contributed by atoms with van der Waals surface area (Å²) in [5, 5.41) is 24.7. The monoisotopic (exact) mass is 298 g/mol. The third-order valence-electron chi connectivity index (χ3n) is 2.73. The van der Waals surface area contributed by atoms with Crippen LogP contribution in [-0.4, -0.2) is 31.4 Å². The van der Waals surface area contributed by atoms with Crippen LogP contribution in [0.3, 0.4) is 0 Å². The topological polar surface area (TPSA) is 110 Å². The van der Waals surface area contributed by atoms with Crippen LogP contribution in [0, 0.1) is 16.0 Å². The van der Waals surface area contributed by atoms with Crippen molar-refractivity contribution in [3.8, 4) is 0 Å². The largest absolute Gasteiger partial charge is 0.480 e. The van der Waals surface area contributed by atoms with Crippen LogP contribution in [-0.2, 0) is 4.79 Å². The van der Waals surface area contributed by atoms with Crippen molar-refractivity contribution in [3.05, 3.63) is 21.7 Å². The number of aromatic nitrogens is 2. The van der Waals surface area contributed by atoms with Gasteiger partial charge in [-0.25, -0.2) is 4.79 Å². The highest BCUT2D eigenvalue weighted by molar-refractivity contribution is 7.15. The average Bonchev–Trinajstić information content (AvgIpc) is 2.86. The van der Waals surface area contributed by atoms with Gasteiger partial charge in [-0.2, -0.15) is 9.38 Å². The molecule has 108 valence electrons. The van der Waals surface area contributed by atoms with Gasteiger partial charge in [-0.05, 0) is 17.3 Å². The van der Waals surface area contributed by atoms with Gasteiger partial charge >= 0.3 is 11.8 Å². The summed E-state index contributed by atoms with van der Waals surface area (Å²) < 4.78 is 1.33. The fourth-order valence-electron chi connectivity index (χ4n) is 1.90. The molecule has 2 heterocycles. The number of rotatable bonds is 6. The zero-order valence-electron chi connectivity index (χ0n) is 10.9. The van der Waals surface area contributed by atoms with E-state index in [1.165, 1.54) is 21.9 Å². The van der Waals surface area contributed by atoms with E-state index in [0.717, 1.165) is 0 Å². The quantitative estimate of drug-likeness (QED) is 0.625. The van der Waals surface area contributed by atoms with Gasteiger partial charge in [0, 0.05) is 5.38 Å². The molecule has 2 rings (SSSR count). The van der Waals surface area contributed by atoms with Gasteiger partial charge in [0.2, 0.25) is 5.82 Å². The van der Waals surface area contributed by atoms with Gasteiger partial charge in [-0.3, -0.25) is 0 Å². The van der Waals surface area contributed by atoms with Gasteiger partial charge in [-0.1, -0.05) is 25.2 Å². The maximum Gasteiger partial charge on any atom is 0.372 e. The molecule has 0 amide bonds. The van der Waals surface area contributed by atoms with Crippen molar-refractivity contribution in [3.63, 3.8) is 0 Å². The second kappa shape index (κ2) is 5.45. The van der Waals surface area contributed by atoms with E-state index in [1.807, 2.05) is 13.8 Å². The second-order valence-electron chi connectivity index (χ2n) is 4.76. The summed E-state index contributed by atoms with van der Waals surface area (Å²) >= 11 is 1.25. The summed E-state index contributed by atoms with van der Waals surface area (Å²) in [5.41, 5.74) is 0. The Hall–Kier alpha value is -2.16. The molecule has 2 N–H and O–H groups in total. The molecular formula is C11H14N4O4S. The number of fused-ring (bicyclic) bond motifs is 1. The highest BCUT2D eigenvalue weighted by Crippen LogP contribution is 2.29. The van der Waals surface area contributed by atoms with E-state index in [4.69, 9.17) is 0 Å². The number of imidazole rings is 1. The Morgan fingerprint density at radius 1 is 1.65 bits per heavy atom. The van der Waals surface area contributed by atoms with Gasteiger partial charge < -0.3 is 20.5 Å². The van der Waals surface area contributed by atoms with Gasteiger partial charge in [0.05, 0.1) is 0 Å². The van der Waals surface area contributed by atoms with Crippen LogP contribution < -0.4 is 5.32 Å². The number of hydrogen-bond donors (Lipinski definition) is 2. The molecule has 2 aromatic rings. The predicted octanol–water partition coefficient (Wildman–Crippen LogP) is 2.22. The van der Waals surface area contributed by atoms with Crippen molar-refractivity contribution < 1.29 is 14.8 Å². The number of anilines is 1. The Morgan fingerprint density at radius 2 is 2.35 bits per heavy atom. The zero-order valence-corrected chi connectivity index (χ0v) is 11.8. The first kappa shape index (κ1) is 14.3. The minimum atomic E-state index is -1.05. The number of aliphatic carboxylic acids is 1. The standard InChI is InChI=1S/C11H14N4O4S/c1-6(2)5-7(10(16)17)12-8-9(15(18)19)14-3-4-20-11(14)13-8/h3-4,6-7,12H,5H2,1-2H3,(H,16,17). The molecule has 0 spiro atoms. The molecule has 1 atom stereocenters. The van der Waals surface area contributed by atoms with Crippen LogP contribution in [0.2, 0.25) is 0 Å². The predicted molar refractivity (Wildman–Crippen MR) is 74.2 cm³/mol. The summed E-state index contributed by atoms with van der Waals surface area (Å²) in [6.45, 7) is 3.77. The molecule has 0 aliphatic rings. The Balaban J connectivity index is 2.36. The van der Waals surface area contributed by atoms with E-state index in [9.17, 15) is 20.0 Å². The number of nitrogens with one attached hydrogen (secondary N) is 1. The molecule has 1 unspecified atom stereocenters. The van der Waals surface area contributed by atoms with Crippen molar-refractivity contribution in [1.29, 1.82) is 0 Å². The lowest BCUT2D eigenvalue weighted by atomic mass is 10.0. The lowest BCUT2D eigenvalue weighted by Gasteiger charge is -2.15. The Labute approximate surface area is 118 Å². The molecule has 9 heteroatoms. The molecule has 0 aromatic carbocycles. The van der Waals surface area contributed by atoms with E-state index in [-0.39, 0.29) is 17.6 Å². The third kappa shape index (κ3) is 2.72. The third-order valence-corrected chi connectivity index (χ3v) is 3.48. The molecule has 8 nitrogen and oxygen atoms in total. The van der Waals surface area contributed by atoms with Crippen LogP contribution >= 0.6 is 11.3 Å². The van der Waals surface area contributed by atoms with E-state index < -0.39 is 16.9 Å². The SMILES string of the molecule is CC(C)CC(Nc1nc2sccn2c1[N+](=O)[O-])C(=O)O. The maximum atomic E-state index is 11.2. The number of hydrogen-bond acceptors (Lipinski definition) is 6. The smallest absolute Gasteiger partial charge is 0.372 e. The zero-order chi connectivity index (χ0) is 14.9. The number of carboxylic acid groups (broad SMARTS) is 1. The lowest BCUT2D eigenvalue weighted by molar-refractivity contribution is -0.389. The number of nitrogens with zero attached hydrogens (tertiary/aromatic N) is 3. The summed E-state index contributed by atoms with van der Waals surface area (Å²) in [5.74, 6) is -1.15. The summed E-state index contributed by atoms with van der Waals surface area (Å²) in [6.07, 6.45) is 1.90. The maximum absolute atomic E-state index is 11.2. The summed E-state index contributed by atoms with van der Waals surface area (Å²) in [6, 6.07) is -0.904. The van der Waals surface area contributed by atoms with Gasteiger partial charge in [-0.15, -0.1) is 0 Å². The minimum absolute atomic E-state index is 0.00472. The van der Waals surface area contributed by atoms with E-state index in [2.05, 4.69) is 10.3 Å². The Bertz CT molecular complexity index is 648. The molecule has 0 radical (unpaired) electrons. The van der Waals surface area contributed by atoms with Gasteiger partial charge in [0.25, 0.3) is 4.96 Å². The first-order valence-electron chi connectivity index (χ1n) is 5.99. The molecular weight excluding hydrogens is 284 g/mol. The average molecular weight is 298 g/mol. The van der Waals surface area contributed by atoms with E-state index in [1.54, 1.807) is 5.38 Å². The molecule has 0 bridgehead atoms. The molecule has 0 saturated heterocycles. The second-order valence-corrected chi connectivity index (χ2v) is 5.63. The highest BCUT2D eigenvalue weighted by atomic mass is 32.1.